The number of benzene rings is 1. The van der Waals surface area contributed by atoms with E-state index in [4.69, 9.17) is 4.74 Å². The van der Waals surface area contributed by atoms with Crippen molar-refractivity contribution in [1.82, 2.24) is 19.5 Å². The molecule has 0 saturated heterocycles. The minimum absolute atomic E-state index is 0.135. The first kappa shape index (κ1) is 23.1. The molecule has 0 spiro atoms. The molecule has 3 aromatic rings. The highest BCUT2D eigenvalue weighted by Gasteiger charge is 2.12. The molecular weight excluding hydrogens is 416 g/mol. The van der Waals surface area contributed by atoms with Crippen molar-refractivity contribution in [3.63, 3.8) is 0 Å². The lowest BCUT2D eigenvalue weighted by atomic mass is 10.1. The number of hydrogen-bond donors (Lipinski definition) is 1. The Bertz CT molecular complexity index is 1280. The van der Waals surface area contributed by atoms with Gasteiger partial charge in [-0.15, -0.1) is 0 Å². The molecule has 2 heterocycles. The molecule has 170 valence electrons. The molecule has 2 aromatic heterocycles. The van der Waals surface area contributed by atoms with Crippen LogP contribution >= 0.6 is 0 Å². The zero-order valence-corrected chi connectivity index (χ0v) is 18.4. The number of H-pyrrole nitrogens is 1. The topological polar surface area (TPSA) is 133 Å². The molecule has 0 aliphatic heterocycles. The van der Waals surface area contributed by atoms with Crippen molar-refractivity contribution in [1.29, 1.82) is 0 Å². The Morgan fingerprint density at radius 2 is 1.62 bits per heavy atom. The lowest BCUT2D eigenvalue weighted by Crippen LogP contribution is -2.35. The second-order valence-electron chi connectivity index (χ2n) is 7.67. The van der Waals surface area contributed by atoms with Crippen LogP contribution in [0.25, 0.3) is 22.2 Å². The van der Waals surface area contributed by atoms with Crippen molar-refractivity contribution >= 4 is 34.1 Å². The second kappa shape index (κ2) is 10.2. The fourth-order valence-electron chi connectivity index (χ4n) is 3.28. The highest BCUT2D eigenvalue weighted by molar-refractivity contribution is 5.84. The van der Waals surface area contributed by atoms with Gasteiger partial charge in [-0.25, -0.2) is 14.8 Å². The fourth-order valence-corrected chi connectivity index (χ4v) is 3.28. The highest BCUT2D eigenvalue weighted by Crippen LogP contribution is 2.17. The molecule has 0 unspecified atom stereocenters. The average Bonchev–Trinajstić information content (AvgIpc) is 2.72. The highest BCUT2D eigenvalue weighted by atomic mass is 16.7. The van der Waals surface area contributed by atoms with E-state index in [2.05, 4.69) is 19.7 Å². The van der Waals surface area contributed by atoms with Crippen LogP contribution in [0.15, 0.2) is 21.7 Å². The van der Waals surface area contributed by atoms with Crippen LogP contribution in [0.2, 0.25) is 0 Å². The number of nitrogens with zero attached hydrogens (tertiary/aromatic N) is 3. The third-order valence-corrected chi connectivity index (χ3v) is 5.19. The van der Waals surface area contributed by atoms with Crippen molar-refractivity contribution in [2.24, 2.45) is 0 Å². The van der Waals surface area contributed by atoms with Crippen LogP contribution in [0.3, 0.4) is 0 Å². The molecule has 10 nitrogen and oxygen atoms in total. The number of hydrogen-bond acceptors (Lipinski definition) is 8. The summed E-state index contributed by atoms with van der Waals surface area (Å²) in [7, 11) is 0. The second-order valence-corrected chi connectivity index (χ2v) is 7.67. The van der Waals surface area contributed by atoms with Gasteiger partial charge in [-0.3, -0.25) is 23.9 Å². The molecule has 1 N–H and O–H groups in total. The smallest absolute Gasteiger partial charge is 0.330 e. The number of carbonyl (C=O) groups is 2. The molecule has 10 heteroatoms. The maximum Gasteiger partial charge on any atom is 0.330 e. The number of aryl methyl sites for hydroxylation is 2. The van der Waals surface area contributed by atoms with Gasteiger partial charge in [-0.1, -0.05) is 12.8 Å². The van der Waals surface area contributed by atoms with Gasteiger partial charge in [-0.05, 0) is 49.9 Å². The van der Waals surface area contributed by atoms with E-state index in [1.54, 1.807) is 0 Å². The zero-order chi connectivity index (χ0) is 23.3. The predicted octanol–water partition coefficient (Wildman–Crippen LogP) is 2.26. The molecule has 32 heavy (non-hydrogen) atoms. The molecule has 0 atom stereocenters. The maximum atomic E-state index is 12.8. The summed E-state index contributed by atoms with van der Waals surface area (Å²) in [6.45, 7) is 5.03. The molecule has 0 saturated carbocycles. The summed E-state index contributed by atoms with van der Waals surface area (Å²) in [5.41, 5.74) is 2.66. The number of esters is 2. The van der Waals surface area contributed by atoms with Gasteiger partial charge in [0.1, 0.15) is 0 Å². The molecule has 0 amide bonds. The Balaban J connectivity index is 1.59. The van der Waals surface area contributed by atoms with Crippen LogP contribution in [-0.2, 0) is 25.6 Å². The van der Waals surface area contributed by atoms with Crippen molar-refractivity contribution in [2.45, 2.75) is 59.4 Å². The molecule has 0 fully saturated rings. The Morgan fingerprint density at radius 3 is 2.31 bits per heavy atom. The summed E-state index contributed by atoms with van der Waals surface area (Å²) in [6.07, 6.45) is 2.85. The van der Waals surface area contributed by atoms with Crippen molar-refractivity contribution < 1.29 is 19.1 Å². The Hall–Kier alpha value is -3.56. The molecular formula is C22H26N4O6. The van der Waals surface area contributed by atoms with E-state index in [9.17, 15) is 19.2 Å². The first-order chi connectivity index (χ1) is 15.3. The zero-order valence-electron chi connectivity index (χ0n) is 18.4. The van der Waals surface area contributed by atoms with E-state index in [1.807, 2.05) is 26.0 Å². The quantitative estimate of drug-likeness (QED) is 0.231. The van der Waals surface area contributed by atoms with Crippen molar-refractivity contribution in [2.75, 3.05) is 6.79 Å². The number of carbonyl (C=O) groups excluding carboxylic acids is 2. The predicted molar refractivity (Wildman–Crippen MR) is 117 cm³/mol. The van der Waals surface area contributed by atoms with E-state index in [0.29, 0.717) is 23.9 Å². The first-order valence-electron chi connectivity index (χ1n) is 10.5. The number of rotatable bonds is 9. The number of aromatic nitrogens is 4. The summed E-state index contributed by atoms with van der Waals surface area (Å²) in [4.78, 5) is 58.9. The number of fused-ring (bicyclic) bond motifs is 2. The SMILES string of the molecule is CC(=O)OCOC(=O)CCCCCCn1c(=O)[nH]c2nc3cc(C)c(C)cc3nc2c1=O. The Morgan fingerprint density at radius 1 is 0.969 bits per heavy atom. The van der Waals surface area contributed by atoms with Crippen molar-refractivity contribution in [3.8, 4) is 0 Å². The van der Waals surface area contributed by atoms with Crippen LogP contribution < -0.4 is 11.2 Å². The monoisotopic (exact) mass is 442 g/mol. The van der Waals surface area contributed by atoms with Gasteiger partial charge in [0.2, 0.25) is 6.79 Å². The molecule has 1 aromatic carbocycles. The number of aromatic amines is 1. The van der Waals surface area contributed by atoms with Gasteiger partial charge in [-0.2, -0.15) is 0 Å². The molecule has 3 rings (SSSR count). The Kier molecular flexibility index (Phi) is 7.34. The lowest BCUT2D eigenvalue weighted by molar-refractivity contribution is -0.165. The van der Waals surface area contributed by atoms with Gasteiger partial charge in [0.05, 0.1) is 11.0 Å². The van der Waals surface area contributed by atoms with E-state index >= 15 is 0 Å². The van der Waals surface area contributed by atoms with Crippen LogP contribution in [-0.4, -0.2) is 38.3 Å². The summed E-state index contributed by atoms with van der Waals surface area (Å²) >= 11 is 0. The van der Waals surface area contributed by atoms with Crippen molar-refractivity contribution in [3.05, 3.63) is 44.1 Å². The number of ether oxygens (including phenoxy) is 2. The van der Waals surface area contributed by atoms with E-state index in [0.717, 1.165) is 28.5 Å². The normalized spacial score (nSPS) is 11.1. The van der Waals surface area contributed by atoms with E-state index < -0.39 is 23.2 Å². The molecule has 0 aliphatic carbocycles. The number of unbranched alkanes of at least 4 members (excludes halogenated alkanes) is 3. The van der Waals surface area contributed by atoms with Gasteiger partial charge < -0.3 is 9.47 Å². The van der Waals surface area contributed by atoms with Crippen LogP contribution in [0.5, 0.6) is 0 Å². The van der Waals surface area contributed by atoms with Crippen LogP contribution in [0.1, 0.15) is 50.2 Å². The minimum Gasteiger partial charge on any atom is -0.428 e. The first-order valence-corrected chi connectivity index (χ1v) is 10.5. The van der Waals surface area contributed by atoms with Gasteiger partial charge in [0.25, 0.3) is 5.56 Å². The summed E-state index contributed by atoms with van der Waals surface area (Å²) < 4.78 is 10.4. The average molecular weight is 442 g/mol. The van der Waals surface area contributed by atoms with Gasteiger partial charge in [0, 0.05) is 19.9 Å². The maximum absolute atomic E-state index is 12.8. The van der Waals surface area contributed by atoms with Gasteiger partial charge >= 0.3 is 17.6 Å². The summed E-state index contributed by atoms with van der Waals surface area (Å²) in [5, 5.41) is 0. The van der Waals surface area contributed by atoms with E-state index in [1.165, 1.54) is 6.92 Å². The lowest BCUT2D eigenvalue weighted by Gasteiger charge is -2.08. The molecule has 0 aliphatic rings. The molecule has 0 bridgehead atoms. The third kappa shape index (κ3) is 5.57. The van der Waals surface area contributed by atoms with E-state index in [-0.39, 0.29) is 30.9 Å². The fraction of sp³-hybridized carbons (Fsp3) is 0.455. The Labute approximate surface area is 183 Å². The summed E-state index contributed by atoms with van der Waals surface area (Å²) in [6, 6.07) is 3.76. The minimum atomic E-state index is -0.519. The number of nitrogens with one attached hydrogen (secondary N) is 1. The summed E-state index contributed by atoms with van der Waals surface area (Å²) in [5.74, 6) is -0.953. The third-order valence-electron chi connectivity index (χ3n) is 5.19. The van der Waals surface area contributed by atoms with Crippen LogP contribution in [0.4, 0.5) is 0 Å². The van der Waals surface area contributed by atoms with Crippen LogP contribution in [0, 0.1) is 13.8 Å². The standard InChI is InChI=1S/C22H26N4O6/c1-13-10-16-17(11-14(13)2)24-20-19(23-16)21(29)26(22(30)25-20)9-7-5-4-6-8-18(28)32-12-31-15(3)27/h10-11H,4-9,12H2,1-3H3,(H,24,25,30). The van der Waals surface area contributed by atoms with Gasteiger partial charge in [0.15, 0.2) is 11.2 Å². The largest absolute Gasteiger partial charge is 0.428 e. The molecule has 0 radical (unpaired) electrons.